The van der Waals surface area contributed by atoms with Gasteiger partial charge in [0.05, 0.1) is 17.0 Å². The first-order valence-corrected chi connectivity index (χ1v) is 4.84. The van der Waals surface area contributed by atoms with E-state index < -0.39 is 35.2 Å². The molecular weight excluding hydrogens is 250 g/mol. The standard InChI is InChI=1S/C10H10F2N2O4/c1-13(5-8(11)12)10(16)6-3-2-4-7(9(6)15)14(17)18/h2-4,8,15H,5H2,1H3. The molecule has 0 fully saturated rings. The third-order valence-corrected chi connectivity index (χ3v) is 2.20. The van der Waals surface area contributed by atoms with Gasteiger partial charge in [-0.2, -0.15) is 0 Å². The van der Waals surface area contributed by atoms with Crippen molar-refractivity contribution in [3.63, 3.8) is 0 Å². The predicted molar refractivity (Wildman–Crippen MR) is 57.7 cm³/mol. The molecule has 18 heavy (non-hydrogen) atoms. The number of nitro benzene ring substituents is 1. The number of halogens is 2. The van der Waals surface area contributed by atoms with Gasteiger partial charge in [0.2, 0.25) is 5.75 Å². The van der Waals surface area contributed by atoms with Gasteiger partial charge in [-0.05, 0) is 6.07 Å². The molecule has 1 N–H and O–H groups in total. The maximum atomic E-state index is 12.1. The summed E-state index contributed by atoms with van der Waals surface area (Å²) in [6.45, 7) is -0.818. The Morgan fingerprint density at radius 2 is 2.17 bits per heavy atom. The van der Waals surface area contributed by atoms with E-state index in [4.69, 9.17) is 0 Å². The van der Waals surface area contributed by atoms with E-state index in [0.29, 0.717) is 4.90 Å². The molecule has 0 aliphatic rings. The van der Waals surface area contributed by atoms with E-state index in [2.05, 4.69) is 0 Å². The maximum absolute atomic E-state index is 12.1. The van der Waals surface area contributed by atoms with Crippen LogP contribution in [-0.2, 0) is 0 Å². The van der Waals surface area contributed by atoms with Crippen molar-refractivity contribution in [2.45, 2.75) is 6.43 Å². The summed E-state index contributed by atoms with van der Waals surface area (Å²) in [6, 6.07) is 3.34. The smallest absolute Gasteiger partial charge is 0.311 e. The van der Waals surface area contributed by atoms with Gasteiger partial charge in [-0.1, -0.05) is 6.07 Å². The van der Waals surface area contributed by atoms with Crippen LogP contribution in [0.2, 0.25) is 0 Å². The first-order chi connectivity index (χ1) is 8.34. The number of phenols is 1. The molecule has 0 bridgehead atoms. The molecule has 0 unspecified atom stereocenters. The van der Waals surface area contributed by atoms with Crippen LogP contribution in [0.15, 0.2) is 18.2 Å². The molecule has 1 amide bonds. The number of nitro groups is 1. The van der Waals surface area contributed by atoms with E-state index in [1.807, 2.05) is 0 Å². The Balaban J connectivity index is 3.07. The first-order valence-electron chi connectivity index (χ1n) is 4.84. The zero-order chi connectivity index (χ0) is 13.9. The normalized spacial score (nSPS) is 10.4. The molecule has 1 aromatic carbocycles. The van der Waals surface area contributed by atoms with Crippen LogP contribution in [0.4, 0.5) is 14.5 Å². The summed E-state index contributed by atoms with van der Waals surface area (Å²) in [5, 5.41) is 20.1. The molecule has 0 atom stereocenters. The predicted octanol–water partition coefficient (Wildman–Crippen LogP) is 1.64. The number of carbonyl (C=O) groups is 1. The van der Waals surface area contributed by atoms with Crippen LogP contribution in [0.25, 0.3) is 0 Å². The molecule has 0 aliphatic heterocycles. The number of alkyl halides is 2. The number of rotatable bonds is 4. The molecule has 6 nitrogen and oxygen atoms in total. The topological polar surface area (TPSA) is 83.7 Å². The number of carbonyl (C=O) groups excluding carboxylic acids is 1. The molecule has 0 saturated carbocycles. The number of aromatic hydroxyl groups is 1. The highest BCUT2D eigenvalue weighted by molar-refractivity contribution is 5.97. The van der Waals surface area contributed by atoms with Gasteiger partial charge >= 0.3 is 5.69 Å². The number of benzene rings is 1. The van der Waals surface area contributed by atoms with Crippen molar-refractivity contribution in [2.24, 2.45) is 0 Å². The minimum Gasteiger partial charge on any atom is -0.502 e. The molecule has 0 radical (unpaired) electrons. The second-order valence-corrected chi connectivity index (χ2v) is 3.51. The minimum absolute atomic E-state index is 0.382. The lowest BCUT2D eigenvalue weighted by Gasteiger charge is -2.16. The molecule has 0 saturated heterocycles. The van der Waals surface area contributed by atoms with E-state index >= 15 is 0 Å². The Morgan fingerprint density at radius 1 is 1.56 bits per heavy atom. The maximum Gasteiger partial charge on any atom is 0.311 e. The second kappa shape index (κ2) is 5.39. The third-order valence-electron chi connectivity index (χ3n) is 2.20. The summed E-state index contributed by atoms with van der Waals surface area (Å²) >= 11 is 0. The van der Waals surface area contributed by atoms with Crippen LogP contribution in [0.5, 0.6) is 5.75 Å². The molecule has 0 aromatic heterocycles. The Bertz CT molecular complexity index is 479. The molecule has 1 rings (SSSR count). The highest BCUT2D eigenvalue weighted by atomic mass is 19.3. The fraction of sp³-hybridized carbons (Fsp3) is 0.300. The summed E-state index contributed by atoms with van der Waals surface area (Å²) in [6.07, 6.45) is -2.72. The van der Waals surface area contributed by atoms with E-state index in [1.54, 1.807) is 0 Å². The average molecular weight is 260 g/mol. The van der Waals surface area contributed by atoms with Gasteiger partial charge < -0.3 is 10.0 Å². The Labute approximate surface area is 101 Å². The Hall–Kier alpha value is -2.25. The number of hydrogen-bond acceptors (Lipinski definition) is 4. The molecule has 98 valence electrons. The van der Waals surface area contributed by atoms with E-state index in [0.717, 1.165) is 19.2 Å². The van der Waals surface area contributed by atoms with Crippen molar-refractivity contribution in [1.82, 2.24) is 4.90 Å². The second-order valence-electron chi connectivity index (χ2n) is 3.51. The van der Waals surface area contributed by atoms with Crippen LogP contribution in [0.3, 0.4) is 0 Å². The number of nitrogens with zero attached hydrogens (tertiary/aromatic N) is 2. The van der Waals surface area contributed by atoms with E-state index in [9.17, 15) is 28.8 Å². The summed E-state index contributed by atoms with van der Waals surface area (Å²) < 4.78 is 24.2. The fourth-order valence-electron chi connectivity index (χ4n) is 1.35. The van der Waals surface area contributed by atoms with Crippen LogP contribution in [-0.4, -0.2) is 40.9 Å². The van der Waals surface area contributed by atoms with E-state index in [1.165, 1.54) is 6.07 Å². The van der Waals surface area contributed by atoms with Crippen molar-refractivity contribution >= 4 is 11.6 Å². The SMILES string of the molecule is CN(CC(F)F)C(=O)c1cccc([N+](=O)[O-])c1O. The quantitative estimate of drug-likeness (QED) is 0.658. The number of para-hydroxylation sites is 1. The molecule has 0 aliphatic carbocycles. The largest absolute Gasteiger partial charge is 0.502 e. The first kappa shape index (κ1) is 13.8. The van der Waals surface area contributed by atoms with Gasteiger partial charge in [-0.25, -0.2) is 8.78 Å². The number of amides is 1. The van der Waals surface area contributed by atoms with Crippen molar-refractivity contribution < 1.29 is 23.6 Å². The van der Waals surface area contributed by atoms with Gasteiger partial charge in [0.1, 0.15) is 0 Å². The number of hydrogen-bond donors (Lipinski definition) is 1. The summed E-state index contributed by atoms with van der Waals surface area (Å²) in [7, 11) is 1.12. The highest BCUT2D eigenvalue weighted by Gasteiger charge is 2.24. The molecule has 0 heterocycles. The van der Waals surface area contributed by atoms with Crippen LogP contribution in [0.1, 0.15) is 10.4 Å². The lowest BCUT2D eigenvalue weighted by Crippen LogP contribution is -2.31. The van der Waals surface area contributed by atoms with Gasteiger partial charge in [0.15, 0.2) is 0 Å². The summed E-state index contributed by atoms with van der Waals surface area (Å²) in [5.41, 5.74) is -1.03. The Morgan fingerprint density at radius 3 is 2.67 bits per heavy atom. The van der Waals surface area contributed by atoms with Crippen LogP contribution >= 0.6 is 0 Å². The van der Waals surface area contributed by atoms with Gasteiger partial charge in [0, 0.05) is 13.1 Å². The van der Waals surface area contributed by atoms with Crippen molar-refractivity contribution in [2.75, 3.05) is 13.6 Å². The molecule has 1 aromatic rings. The minimum atomic E-state index is -2.72. The van der Waals surface area contributed by atoms with Crippen molar-refractivity contribution in [3.05, 3.63) is 33.9 Å². The van der Waals surface area contributed by atoms with Crippen molar-refractivity contribution in [3.8, 4) is 5.75 Å². The van der Waals surface area contributed by atoms with Crippen molar-refractivity contribution in [1.29, 1.82) is 0 Å². The van der Waals surface area contributed by atoms with Gasteiger partial charge in [0.25, 0.3) is 12.3 Å². The molecule has 8 heteroatoms. The summed E-state index contributed by atoms with van der Waals surface area (Å²) in [4.78, 5) is 22.1. The lowest BCUT2D eigenvalue weighted by molar-refractivity contribution is -0.385. The fourth-order valence-corrected chi connectivity index (χ4v) is 1.35. The summed E-state index contributed by atoms with van der Waals surface area (Å²) in [5.74, 6) is -1.73. The molecule has 0 spiro atoms. The molecular formula is C10H10F2N2O4. The average Bonchev–Trinajstić information content (AvgIpc) is 2.27. The lowest BCUT2D eigenvalue weighted by atomic mass is 10.1. The van der Waals surface area contributed by atoms with Gasteiger partial charge in [-0.15, -0.1) is 0 Å². The Kier molecular flexibility index (Phi) is 4.13. The third kappa shape index (κ3) is 2.90. The van der Waals surface area contributed by atoms with E-state index in [-0.39, 0.29) is 5.56 Å². The number of phenolic OH excluding ortho intramolecular Hbond substituents is 1. The zero-order valence-electron chi connectivity index (χ0n) is 9.34. The van der Waals surface area contributed by atoms with Crippen LogP contribution in [0, 0.1) is 10.1 Å². The monoisotopic (exact) mass is 260 g/mol. The zero-order valence-corrected chi connectivity index (χ0v) is 9.34. The van der Waals surface area contributed by atoms with Gasteiger partial charge in [-0.3, -0.25) is 14.9 Å². The van der Waals surface area contributed by atoms with Crippen LogP contribution < -0.4 is 0 Å². The highest BCUT2D eigenvalue weighted by Crippen LogP contribution is 2.29.